The quantitative estimate of drug-likeness (QED) is 0.858. The van der Waals surface area contributed by atoms with Gasteiger partial charge in [-0.1, -0.05) is 24.3 Å². The van der Waals surface area contributed by atoms with Crippen molar-refractivity contribution in [3.63, 3.8) is 0 Å². The second-order valence-electron chi connectivity index (χ2n) is 6.15. The van der Waals surface area contributed by atoms with Crippen LogP contribution < -0.4 is 5.73 Å². The highest BCUT2D eigenvalue weighted by atomic mass is 32.2. The molecule has 1 atom stereocenters. The lowest BCUT2D eigenvalue weighted by atomic mass is 10.1. The minimum absolute atomic E-state index is 0.351. The third-order valence-electron chi connectivity index (χ3n) is 2.98. The Balaban J connectivity index is 1.91. The Morgan fingerprint density at radius 2 is 2.05 bits per heavy atom. The van der Waals surface area contributed by atoms with E-state index in [0.717, 1.165) is 22.2 Å². The maximum absolute atomic E-state index is 11.8. The van der Waals surface area contributed by atoms with Crippen molar-refractivity contribution < 1.29 is 9.53 Å². The first kappa shape index (κ1) is 16.8. The lowest BCUT2D eigenvalue weighted by Crippen LogP contribution is -2.39. The number of carbonyl (C=O) groups is 1. The summed E-state index contributed by atoms with van der Waals surface area (Å²) in [7, 11) is 0. The van der Waals surface area contributed by atoms with E-state index in [1.807, 2.05) is 45.0 Å². The second-order valence-corrected chi connectivity index (χ2v) is 7.18. The fourth-order valence-corrected chi connectivity index (χ4v) is 2.99. The van der Waals surface area contributed by atoms with Gasteiger partial charge >= 0.3 is 5.97 Å². The summed E-state index contributed by atoms with van der Waals surface area (Å²) in [4.78, 5) is 16.3. The fourth-order valence-electron chi connectivity index (χ4n) is 2.03. The molecule has 118 valence electrons. The van der Waals surface area contributed by atoms with E-state index >= 15 is 0 Å². The molecule has 1 aromatic carbocycles. The fraction of sp³-hybridized carbons (Fsp3) is 0.412. The van der Waals surface area contributed by atoms with Gasteiger partial charge in [-0.05, 0) is 32.4 Å². The summed E-state index contributed by atoms with van der Waals surface area (Å²) in [6, 6.07) is 9.49. The van der Waals surface area contributed by atoms with Crippen molar-refractivity contribution in [2.45, 2.75) is 38.2 Å². The van der Waals surface area contributed by atoms with E-state index in [9.17, 15) is 4.79 Å². The second kappa shape index (κ2) is 7.11. The first-order valence-electron chi connectivity index (χ1n) is 7.25. The van der Waals surface area contributed by atoms with Gasteiger partial charge in [0, 0.05) is 23.1 Å². The molecule has 4 nitrogen and oxygen atoms in total. The van der Waals surface area contributed by atoms with Crippen LogP contribution in [0.15, 0.2) is 36.5 Å². The SMILES string of the molecule is CC(C)(C)OC(=O)C(N)CSCc1cccc2cccnc12. The van der Waals surface area contributed by atoms with Crippen LogP contribution in [0.4, 0.5) is 0 Å². The van der Waals surface area contributed by atoms with Gasteiger partial charge in [-0.15, -0.1) is 0 Å². The van der Waals surface area contributed by atoms with Crippen LogP contribution in [-0.2, 0) is 15.3 Å². The Kier molecular flexibility index (Phi) is 5.42. The first-order valence-corrected chi connectivity index (χ1v) is 8.41. The number of pyridine rings is 1. The monoisotopic (exact) mass is 318 g/mol. The third kappa shape index (κ3) is 4.71. The van der Waals surface area contributed by atoms with E-state index in [2.05, 4.69) is 11.1 Å². The highest BCUT2D eigenvalue weighted by molar-refractivity contribution is 7.98. The third-order valence-corrected chi connectivity index (χ3v) is 4.09. The largest absolute Gasteiger partial charge is 0.459 e. The first-order chi connectivity index (χ1) is 10.4. The van der Waals surface area contributed by atoms with Gasteiger partial charge in [-0.2, -0.15) is 11.8 Å². The molecule has 0 amide bonds. The summed E-state index contributed by atoms with van der Waals surface area (Å²) < 4.78 is 5.28. The maximum Gasteiger partial charge on any atom is 0.324 e. The van der Waals surface area contributed by atoms with Gasteiger partial charge in [0.25, 0.3) is 0 Å². The number of nitrogens with zero attached hydrogens (tertiary/aromatic N) is 1. The number of aromatic nitrogens is 1. The number of rotatable bonds is 5. The number of fused-ring (bicyclic) bond motifs is 1. The van der Waals surface area contributed by atoms with Gasteiger partial charge in [-0.3, -0.25) is 9.78 Å². The molecule has 2 N–H and O–H groups in total. The Bertz CT molecular complexity index is 647. The molecule has 0 radical (unpaired) electrons. The molecule has 0 aliphatic carbocycles. The summed E-state index contributed by atoms with van der Waals surface area (Å²) in [5.41, 5.74) is 7.54. The topological polar surface area (TPSA) is 65.2 Å². The van der Waals surface area contributed by atoms with Crippen molar-refractivity contribution in [2.75, 3.05) is 5.75 Å². The average Bonchev–Trinajstić information content (AvgIpc) is 2.45. The number of ether oxygens (including phenoxy) is 1. The molecule has 0 aliphatic rings. The molecule has 5 heteroatoms. The number of para-hydroxylation sites is 1. The highest BCUT2D eigenvalue weighted by Gasteiger charge is 2.22. The molecule has 0 aliphatic heterocycles. The molecule has 0 bridgehead atoms. The molecule has 1 aromatic heterocycles. The molecule has 1 heterocycles. The Morgan fingerprint density at radius 3 is 2.77 bits per heavy atom. The molecule has 22 heavy (non-hydrogen) atoms. The van der Waals surface area contributed by atoms with Crippen LogP contribution in [0, 0.1) is 0 Å². The number of carbonyl (C=O) groups excluding carboxylic acids is 1. The van der Waals surface area contributed by atoms with Crippen LogP contribution in [0.25, 0.3) is 10.9 Å². The van der Waals surface area contributed by atoms with E-state index in [0.29, 0.717) is 5.75 Å². The van der Waals surface area contributed by atoms with E-state index < -0.39 is 11.6 Å². The van der Waals surface area contributed by atoms with Crippen molar-refractivity contribution >= 4 is 28.6 Å². The lowest BCUT2D eigenvalue weighted by Gasteiger charge is -2.22. The van der Waals surface area contributed by atoms with Crippen LogP contribution in [0.3, 0.4) is 0 Å². The molecule has 0 spiro atoms. The van der Waals surface area contributed by atoms with Crippen LogP contribution in [0.2, 0.25) is 0 Å². The Morgan fingerprint density at radius 1 is 1.32 bits per heavy atom. The molecule has 2 rings (SSSR count). The normalized spacial score (nSPS) is 13.1. The molecule has 0 saturated heterocycles. The summed E-state index contributed by atoms with van der Waals surface area (Å²) in [5.74, 6) is 0.944. The average molecular weight is 318 g/mol. The minimum atomic E-state index is -0.604. The van der Waals surface area contributed by atoms with Gasteiger partial charge in [0.05, 0.1) is 5.52 Å². The van der Waals surface area contributed by atoms with E-state index in [-0.39, 0.29) is 5.97 Å². The summed E-state index contributed by atoms with van der Waals surface area (Å²) in [6.45, 7) is 5.52. The van der Waals surface area contributed by atoms with Crippen molar-refractivity contribution in [3.05, 3.63) is 42.1 Å². The van der Waals surface area contributed by atoms with Crippen LogP contribution in [-0.4, -0.2) is 28.3 Å². The van der Waals surface area contributed by atoms with E-state index in [1.54, 1.807) is 18.0 Å². The number of thioether (sulfide) groups is 1. The Labute approximate surface area is 135 Å². The molecular formula is C17H22N2O2S. The maximum atomic E-state index is 11.8. The lowest BCUT2D eigenvalue weighted by molar-refractivity contribution is -0.155. The number of esters is 1. The van der Waals surface area contributed by atoms with Crippen molar-refractivity contribution in [3.8, 4) is 0 Å². The molecule has 1 unspecified atom stereocenters. The minimum Gasteiger partial charge on any atom is -0.459 e. The summed E-state index contributed by atoms with van der Waals surface area (Å²) in [6.07, 6.45) is 1.79. The van der Waals surface area contributed by atoms with Crippen molar-refractivity contribution in [1.29, 1.82) is 0 Å². The molecule has 0 fully saturated rings. The molecule has 2 aromatic rings. The van der Waals surface area contributed by atoms with Crippen LogP contribution in [0.1, 0.15) is 26.3 Å². The number of nitrogens with two attached hydrogens (primary N) is 1. The molecular weight excluding hydrogens is 296 g/mol. The van der Waals surface area contributed by atoms with E-state index in [1.165, 1.54) is 0 Å². The van der Waals surface area contributed by atoms with Crippen molar-refractivity contribution in [2.24, 2.45) is 5.73 Å². The smallest absolute Gasteiger partial charge is 0.324 e. The highest BCUT2D eigenvalue weighted by Crippen LogP contribution is 2.21. The summed E-state index contributed by atoms with van der Waals surface area (Å²) >= 11 is 1.62. The predicted molar refractivity (Wildman–Crippen MR) is 91.7 cm³/mol. The zero-order valence-electron chi connectivity index (χ0n) is 13.2. The zero-order valence-corrected chi connectivity index (χ0v) is 14.0. The van der Waals surface area contributed by atoms with Crippen molar-refractivity contribution in [1.82, 2.24) is 4.98 Å². The number of hydrogen-bond donors (Lipinski definition) is 1. The Hall–Kier alpha value is -1.59. The van der Waals surface area contributed by atoms with Gasteiger partial charge < -0.3 is 10.5 Å². The van der Waals surface area contributed by atoms with Gasteiger partial charge in [0.2, 0.25) is 0 Å². The van der Waals surface area contributed by atoms with Gasteiger partial charge in [0.15, 0.2) is 0 Å². The molecule has 0 saturated carbocycles. The summed E-state index contributed by atoms with van der Waals surface area (Å²) in [5, 5.41) is 1.12. The van der Waals surface area contributed by atoms with Gasteiger partial charge in [-0.25, -0.2) is 0 Å². The van der Waals surface area contributed by atoms with Gasteiger partial charge in [0.1, 0.15) is 11.6 Å². The van der Waals surface area contributed by atoms with Crippen LogP contribution >= 0.6 is 11.8 Å². The predicted octanol–water partition coefficient (Wildman–Crippen LogP) is 3.14. The standard InChI is InChI=1S/C17H22N2O2S/c1-17(2,3)21-16(20)14(18)11-22-10-13-7-4-6-12-8-5-9-19-15(12)13/h4-9,14H,10-11,18H2,1-3H3. The van der Waals surface area contributed by atoms with E-state index in [4.69, 9.17) is 10.5 Å². The number of hydrogen-bond acceptors (Lipinski definition) is 5. The zero-order chi connectivity index (χ0) is 16.2. The number of benzene rings is 1. The van der Waals surface area contributed by atoms with Crippen LogP contribution in [0.5, 0.6) is 0 Å².